The molecule has 2 aromatic rings. The quantitative estimate of drug-likeness (QED) is 0.583. The number of carbonyl (C=O) groups excluding carboxylic acids is 2. The van der Waals surface area contributed by atoms with E-state index in [-0.39, 0.29) is 31.0 Å². The molecule has 0 aliphatic carbocycles. The van der Waals surface area contributed by atoms with E-state index in [1.54, 1.807) is 12.1 Å². The first-order valence-corrected chi connectivity index (χ1v) is 11.6. The minimum Gasteiger partial charge on any atom is -0.376 e. The van der Waals surface area contributed by atoms with Crippen LogP contribution < -0.4 is 10.6 Å². The Hall–Kier alpha value is -2.48. The Morgan fingerprint density at radius 3 is 2.64 bits per heavy atom. The van der Waals surface area contributed by atoms with Crippen molar-refractivity contribution in [3.05, 3.63) is 70.0 Å². The minimum absolute atomic E-state index is 0.00434. The lowest BCUT2D eigenvalue weighted by molar-refractivity contribution is -0.126. The van der Waals surface area contributed by atoms with Gasteiger partial charge in [0, 0.05) is 36.6 Å². The van der Waals surface area contributed by atoms with Crippen LogP contribution in [0.1, 0.15) is 36.1 Å². The molecule has 6 nitrogen and oxygen atoms in total. The van der Waals surface area contributed by atoms with Gasteiger partial charge in [-0.15, -0.1) is 0 Å². The molecule has 2 aromatic carbocycles. The van der Waals surface area contributed by atoms with Crippen LogP contribution in [0.2, 0.25) is 5.02 Å². The van der Waals surface area contributed by atoms with Gasteiger partial charge in [0.2, 0.25) is 11.8 Å². The van der Waals surface area contributed by atoms with Gasteiger partial charge in [0.05, 0.1) is 25.3 Å². The van der Waals surface area contributed by atoms with Crippen LogP contribution in [0, 0.1) is 12.7 Å². The van der Waals surface area contributed by atoms with Crippen molar-refractivity contribution in [3.8, 4) is 0 Å². The van der Waals surface area contributed by atoms with Crippen molar-refractivity contribution >= 4 is 23.4 Å². The van der Waals surface area contributed by atoms with Crippen LogP contribution in [0.5, 0.6) is 0 Å². The number of rotatable bonds is 9. The largest absolute Gasteiger partial charge is 0.376 e. The van der Waals surface area contributed by atoms with Crippen molar-refractivity contribution in [1.82, 2.24) is 15.5 Å². The van der Waals surface area contributed by atoms with Gasteiger partial charge in [-0.25, -0.2) is 4.39 Å². The SMILES string of the molecule is Cc1ccc(CCC(=O)NCC(=O)NCC(c2c(F)cccc2Cl)N2CCOC(C)C2)cc1. The van der Waals surface area contributed by atoms with Crippen molar-refractivity contribution in [2.75, 3.05) is 32.8 Å². The highest BCUT2D eigenvalue weighted by Gasteiger charge is 2.29. The molecule has 1 aliphatic rings. The lowest BCUT2D eigenvalue weighted by atomic mass is 10.0. The third-order valence-corrected chi connectivity index (χ3v) is 6.08. The number of amides is 2. The third-order valence-electron chi connectivity index (χ3n) is 5.75. The van der Waals surface area contributed by atoms with Crippen molar-refractivity contribution in [2.45, 2.75) is 38.8 Å². The number of nitrogens with one attached hydrogen (secondary N) is 2. The first kappa shape index (κ1) is 25.1. The molecular weight excluding hydrogens is 445 g/mol. The monoisotopic (exact) mass is 475 g/mol. The normalized spacial score (nSPS) is 17.4. The fourth-order valence-corrected chi connectivity index (χ4v) is 4.21. The molecule has 2 unspecified atom stereocenters. The molecule has 0 bridgehead atoms. The summed E-state index contributed by atoms with van der Waals surface area (Å²) in [5, 5.41) is 5.79. The summed E-state index contributed by atoms with van der Waals surface area (Å²) in [6, 6.07) is 12.1. The maximum atomic E-state index is 14.7. The molecule has 0 saturated carbocycles. The second-order valence-corrected chi connectivity index (χ2v) is 8.80. The number of nitrogens with zero attached hydrogens (tertiary/aromatic N) is 1. The van der Waals surface area contributed by atoms with E-state index in [0.29, 0.717) is 43.1 Å². The van der Waals surface area contributed by atoms with Crippen molar-refractivity contribution < 1.29 is 18.7 Å². The Morgan fingerprint density at radius 1 is 1.18 bits per heavy atom. The van der Waals surface area contributed by atoms with Crippen molar-refractivity contribution in [2.24, 2.45) is 0 Å². The maximum Gasteiger partial charge on any atom is 0.239 e. The average Bonchev–Trinajstić information content (AvgIpc) is 2.79. The van der Waals surface area contributed by atoms with Crippen LogP contribution >= 0.6 is 11.6 Å². The predicted octanol–water partition coefficient (Wildman–Crippen LogP) is 3.41. The molecule has 2 N–H and O–H groups in total. The molecule has 2 amide bonds. The van der Waals surface area contributed by atoms with Gasteiger partial charge < -0.3 is 15.4 Å². The Labute approximate surface area is 199 Å². The van der Waals surface area contributed by atoms with Gasteiger partial charge in [0.25, 0.3) is 0 Å². The molecule has 178 valence electrons. The van der Waals surface area contributed by atoms with Crippen LogP contribution in [0.4, 0.5) is 4.39 Å². The Morgan fingerprint density at radius 2 is 1.94 bits per heavy atom. The van der Waals surface area contributed by atoms with E-state index in [0.717, 1.165) is 5.56 Å². The number of hydrogen-bond acceptors (Lipinski definition) is 4. The number of hydrogen-bond donors (Lipinski definition) is 2. The third kappa shape index (κ3) is 7.52. The summed E-state index contributed by atoms with van der Waals surface area (Å²) in [6.07, 6.45) is 0.905. The Kier molecular flexibility index (Phi) is 9.23. The molecule has 1 aliphatic heterocycles. The second-order valence-electron chi connectivity index (χ2n) is 8.39. The molecule has 2 atom stereocenters. The molecule has 3 rings (SSSR count). The zero-order chi connectivity index (χ0) is 23.8. The van der Waals surface area contributed by atoms with Crippen LogP contribution in [0.3, 0.4) is 0 Å². The Bertz CT molecular complexity index is 934. The maximum absolute atomic E-state index is 14.7. The van der Waals surface area contributed by atoms with E-state index in [9.17, 15) is 14.0 Å². The number of aryl methyl sites for hydroxylation is 2. The van der Waals surface area contributed by atoms with Gasteiger partial charge in [-0.2, -0.15) is 0 Å². The van der Waals surface area contributed by atoms with Gasteiger partial charge in [-0.3, -0.25) is 14.5 Å². The van der Waals surface area contributed by atoms with Gasteiger partial charge in [0.1, 0.15) is 5.82 Å². The highest BCUT2D eigenvalue weighted by Crippen LogP contribution is 2.31. The van der Waals surface area contributed by atoms with Crippen molar-refractivity contribution in [3.63, 3.8) is 0 Å². The smallest absolute Gasteiger partial charge is 0.239 e. The summed E-state index contributed by atoms with van der Waals surface area (Å²) in [4.78, 5) is 26.6. The zero-order valence-corrected chi connectivity index (χ0v) is 19.8. The summed E-state index contributed by atoms with van der Waals surface area (Å²) >= 11 is 6.32. The van der Waals surface area contributed by atoms with E-state index in [4.69, 9.17) is 16.3 Å². The van der Waals surface area contributed by atoms with Gasteiger partial charge in [-0.05, 0) is 38.0 Å². The topological polar surface area (TPSA) is 70.7 Å². The molecule has 0 radical (unpaired) electrons. The first-order chi connectivity index (χ1) is 15.8. The summed E-state index contributed by atoms with van der Waals surface area (Å²) in [7, 11) is 0. The van der Waals surface area contributed by atoms with Gasteiger partial charge >= 0.3 is 0 Å². The molecule has 1 heterocycles. The lowest BCUT2D eigenvalue weighted by Gasteiger charge is -2.38. The molecule has 33 heavy (non-hydrogen) atoms. The van der Waals surface area contributed by atoms with E-state index in [2.05, 4.69) is 15.5 Å². The standard InChI is InChI=1S/C25H31ClFN3O3/c1-17-6-8-19(9-7-17)10-11-23(31)29-15-24(32)28-14-22(30-12-13-33-18(2)16-30)25-20(26)4-3-5-21(25)27/h3-9,18,22H,10-16H2,1-2H3,(H,28,32)(H,29,31). The minimum atomic E-state index is -0.439. The van der Waals surface area contributed by atoms with Gasteiger partial charge in [0.15, 0.2) is 0 Å². The first-order valence-electron chi connectivity index (χ1n) is 11.2. The molecule has 0 aromatic heterocycles. The van der Waals surface area contributed by atoms with Crippen LogP contribution in [-0.2, 0) is 20.7 Å². The summed E-state index contributed by atoms with van der Waals surface area (Å²) < 4.78 is 20.3. The van der Waals surface area contributed by atoms with Crippen LogP contribution in [0.15, 0.2) is 42.5 Å². The molecular formula is C25H31ClFN3O3. The van der Waals surface area contributed by atoms with E-state index in [1.165, 1.54) is 11.6 Å². The van der Waals surface area contributed by atoms with E-state index >= 15 is 0 Å². The highest BCUT2D eigenvalue weighted by molar-refractivity contribution is 6.31. The molecule has 1 saturated heterocycles. The zero-order valence-electron chi connectivity index (χ0n) is 19.1. The summed E-state index contributed by atoms with van der Waals surface area (Å²) in [5.74, 6) is -0.941. The van der Waals surface area contributed by atoms with Crippen LogP contribution in [-0.4, -0.2) is 55.6 Å². The fourth-order valence-electron chi connectivity index (χ4n) is 3.92. The number of ether oxygens (including phenoxy) is 1. The van der Waals surface area contributed by atoms with Crippen molar-refractivity contribution in [1.29, 1.82) is 0 Å². The number of morpholine rings is 1. The Balaban J connectivity index is 1.53. The summed E-state index contributed by atoms with van der Waals surface area (Å²) in [5.41, 5.74) is 2.60. The molecule has 0 spiro atoms. The van der Waals surface area contributed by atoms with Crippen LogP contribution in [0.25, 0.3) is 0 Å². The predicted molar refractivity (Wildman–Crippen MR) is 127 cm³/mol. The fraction of sp³-hybridized carbons (Fsp3) is 0.440. The second kappa shape index (κ2) is 12.1. The number of benzene rings is 2. The van der Waals surface area contributed by atoms with E-state index in [1.807, 2.05) is 38.1 Å². The average molecular weight is 476 g/mol. The molecule has 8 heteroatoms. The summed E-state index contributed by atoms with van der Waals surface area (Å²) in [6.45, 7) is 5.73. The van der Waals surface area contributed by atoms with E-state index < -0.39 is 11.9 Å². The lowest BCUT2D eigenvalue weighted by Crippen LogP contribution is -2.48. The number of carbonyl (C=O) groups is 2. The number of halogens is 2. The highest BCUT2D eigenvalue weighted by atomic mass is 35.5. The molecule has 1 fully saturated rings. The van der Waals surface area contributed by atoms with Gasteiger partial charge in [-0.1, -0.05) is 47.5 Å².